The van der Waals surface area contributed by atoms with E-state index in [-0.39, 0.29) is 12.3 Å². The number of halogens is 2. The van der Waals surface area contributed by atoms with Crippen molar-refractivity contribution in [2.45, 2.75) is 26.2 Å². The summed E-state index contributed by atoms with van der Waals surface area (Å²) >= 11 is 5.97. The number of carbonyl (C=O) groups is 1. The molecule has 1 aromatic rings. The van der Waals surface area contributed by atoms with Crippen LogP contribution in [-0.4, -0.2) is 37.0 Å². The summed E-state index contributed by atoms with van der Waals surface area (Å²) in [7, 11) is 0. The van der Waals surface area contributed by atoms with Crippen LogP contribution >= 0.6 is 11.6 Å². The van der Waals surface area contributed by atoms with Gasteiger partial charge >= 0.3 is 0 Å². The second-order valence-corrected chi connectivity index (χ2v) is 5.92. The molecule has 0 atom stereocenters. The first-order valence-electron chi connectivity index (χ1n) is 7.53. The van der Waals surface area contributed by atoms with Gasteiger partial charge in [-0.25, -0.2) is 4.39 Å². The molecule has 1 heterocycles. The van der Waals surface area contributed by atoms with Gasteiger partial charge in [0.1, 0.15) is 5.82 Å². The lowest BCUT2D eigenvalue weighted by Crippen LogP contribution is -2.41. The summed E-state index contributed by atoms with van der Waals surface area (Å²) in [5.74, 6) is 0.188. The van der Waals surface area contributed by atoms with Gasteiger partial charge in [0.15, 0.2) is 0 Å². The van der Waals surface area contributed by atoms with E-state index in [0.29, 0.717) is 16.5 Å². The molecule has 0 bridgehead atoms. The number of nitrogens with zero attached hydrogens (tertiary/aromatic N) is 1. The summed E-state index contributed by atoms with van der Waals surface area (Å²) in [5, 5.41) is 3.67. The van der Waals surface area contributed by atoms with Gasteiger partial charge in [0.2, 0.25) is 5.91 Å². The van der Waals surface area contributed by atoms with Crippen LogP contribution in [0.25, 0.3) is 0 Å². The molecule has 1 fully saturated rings. The van der Waals surface area contributed by atoms with E-state index in [4.69, 9.17) is 11.6 Å². The molecular weight excluding hydrogens is 291 g/mol. The zero-order chi connectivity index (χ0) is 15.2. The number of amides is 1. The summed E-state index contributed by atoms with van der Waals surface area (Å²) in [6.45, 7) is 5.58. The Morgan fingerprint density at radius 2 is 2.14 bits per heavy atom. The Labute approximate surface area is 130 Å². The Morgan fingerprint density at radius 1 is 1.43 bits per heavy atom. The second kappa shape index (κ2) is 7.76. The fourth-order valence-corrected chi connectivity index (χ4v) is 2.93. The molecule has 21 heavy (non-hydrogen) atoms. The molecule has 0 aromatic heterocycles. The zero-order valence-corrected chi connectivity index (χ0v) is 13.1. The molecule has 1 saturated heterocycles. The van der Waals surface area contributed by atoms with Gasteiger partial charge in [-0.15, -0.1) is 0 Å². The number of piperidine rings is 1. The highest BCUT2D eigenvalue weighted by molar-refractivity contribution is 6.31. The van der Waals surface area contributed by atoms with Crippen LogP contribution in [0.15, 0.2) is 18.2 Å². The first kappa shape index (κ1) is 16.2. The number of nitrogens with one attached hydrogen (secondary N) is 1. The summed E-state index contributed by atoms with van der Waals surface area (Å²) in [5.41, 5.74) is 0.305. The smallest absolute Gasteiger partial charge is 0.227 e. The normalized spacial score (nSPS) is 16.2. The number of rotatable bonds is 5. The molecule has 0 unspecified atom stereocenters. The van der Waals surface area contributed by atoms with Crippen molar-refractivity contribution in [1.29, 1.82) is 0 Å². The van der Waals surface area contributed by atoms with E-state index in [0.717, 1.165) is 39.0 Å². The molecule has 1 aliphatic rings. The Hall–Kier alpha value is -1.13. The van der Waals surface area contributed by atoms with Gasteiger partial charge in [-0.3, -0.25) is 4.79 Å². The minimum absolute atomic E-state index is 0.0381. The predicted octanol–water partition coefficient (Wildman–Crippen LogP) is 2.87. The molecule has 3 nitrogen and oxygen atoms in total. The molecular formula is C16H22ClFN2O. The topological polar surface area (TPSA) is 32.3 Å². The van der Waals surface area contributed by atoms with E-state index in [1.807, 2.05) is 4.90 Å². The average molecular weight is 313 g/mol. The van der Waals surface area contributed by atoms with Crippen LogP contribution < -0.4 is 5.32 Å². The quantitative estimate of drug-likeness (QED) is 0.906. The molecule has 0 aliphatic carbocycles. The highest BCUT2D eigenvalue weighted by Crippen LogP contribution is 2.22. The summed E-state index contributed by atoms with van der Waals surface area (Å²) in [6, 6.07) is 4.52. The lowest BCUT2D eigenvalue weighted by Gasteiger charge is -2.32. The van der Waals surface area contributed by atoms with Crippen molar-refractivity contribution in [3.8, 4) is 0 Å². The van der Waals surface area contributed by atoms with Crippen molar-refractivity contribution in [1.82, 2.24) is 10.2 Å². The van der Waals surface area contributed by atoms with Gasteiger partial charge in [-0.05, 0) is 44.0 Å². The van der Waals surface area contributed by atoms with E-state index in [1.54, 1.807) is 12.1 Å². The largest absolute Gasteiger partial charge is 0.342 e. The number of carbonyl (C=O) groups excluding carboxylic acids is 1. The van der Waals surface area contributed by atoms with Crippen molar-refractivity contribution < 1.29 is 9.18 Å². The molecule has 116 valence electrons. The third-order valence-corrected chi connectivity index (χ3v) is 4.39. The second-order valence-electron chi connectivity index (χ2n) is 5.51. The molecule has 0 radical (unpaired) electrons. The molecule has 5 heteroatoms. The summed E-state index contributed by atoms with van der Waals surface area (Å²) in [6.07, 6.45) is 2.05. The lowest BCUT2D eigenvalue weighted by molar-refractivity contribution is -0.131. The number of likely N-dealkylation sites (tertiary alicyclic amines) is 1. The maximum Gasteiger partial charge on any atom is 0.227 e. The molecule has 0 saturated carbocycles. The van der Waals surface area contributed by atoms with Crippen molar-refractivity contribution in [2.24, 2.45) is 5.92 Å². The Balaban J connectivity index is 1.88. The highest BCUT2D eigenvalue weighted by atomic mass is 35.5. The van der Waals surface area contributed by atoms with Gasteiger partial charge in [-0.2, -0.15) is 0 Å². The molecule has 1 N–H and O–H groups in total. The van der Waals surface area contributed by atoms with E-state index in [9.17, 15) is 9.18 Å². The zero-order valence-electron chi connectivity index (χ0n) is 12.4. The van der Waals surface area contributed by atoms with E-state index >= 15 is 0 Å². The molecule has 1 aromatic carbocycles. The van der Waals surface area contributed by atoms with Crippen LogP contribution in [0.4, 0.5) is 4.39 Å². The maximum atomic E-state index is 13.7. The number of benzene rings is 1. The predicted molar refractivity (Wildman–Crippen MR) is 83.0 cm³/mol. The minimum Gasteiger partial charge on any atom is -0.342 e. The van der Waals surface area contributed by atoms with Crippen LogP contribution in [-0.2, 0) is 11.2 Å². The van der Waals surface area contributed by atoms with Crippen LogP contribution in [0, 0.1) is 11.7 Å². The van der Waals surface area contributed by atoms with E-state index in [2.05, 4.69) is 12.2 Å². The van der Waals surface area contributed by atoms with Crippen LogP contribution in [0.5, 0.6) is 0 Å². The molecule has 1 aliphatic heterocycles. The van der Waals surface area contributed by atoms with Gasteiger partial charge in [-0.1, -0.05) is 24.6 Å². The van der Waals surface area contributed by atoms with Gasteiger partial charge in [0, 0.05) is 23.7 Å². The van der Waals surface area contributed by atoms with Crippen LogP contribution in [0.1, 0.15) is 25.3 Å². The Morgan fingerprint density at radius 3 is 2.76 bits per heavy atom. The first-order chi connectivity index (χ1) is 10.1. The van der Waals surface area contributed by atoms with Gasteiger partial charge in [0.25, 0.3) is 0 Å². The molecule has 0 spiro atoms. The first-order valence-corrected chi connectivity index (χ1v) is 7.91. The van der Waals surface area contributed by atoms with Crippen molar-refractivity contribution in [3.05, 3.63) is 34.6 Å². The average Bonchev–Trinajstić information content (AvgIpc) is 2.49. The Kier molecular flexibility index (Phi) is 6.00. The maximum absolute atomic E-state index is 13.7. The lowest BCUT2D eigenvalue weighted by atomic mass is 9.96. The highest BCUT2D eigenvalue weighted by Gasteiger charge is 2.23. The van der Waals surface area contributed by atoms with Gasteiger partial charge in [0.05, 0.1) is 6.42 Å². The van der Waals surface area contributed by atoms with Crippen molar-refractivity contribution in [2.75, 3.05) is 26.2 Å². The summed E-state index contributed by atoms with van der Waals surface area (Å²) in [4.78, 5) is 14.1. The van der Waals surface area contributed by atoms with Crippen LogP contribution in [0.3, 0.4) is 0 Å². The van der Waals surface area contributed by atoms with Crippen molar-refractivity contribution >= 4 is 17.5 Å². The monoisotopic (exact) mass is 312 g/mol. The minimum atomic E-state index is -0.405. The van der Waals surface area contributed by atoms with E-state index < -0.39 is 5.82 Å². The fourth-order valence-electron chi connectivity index (χ4n) is 2.70. The summed E-state index contributed by atoms with van der Waals surface area (Å²) < 4.78 is 13.7. The van der Waals surface area contributed by atoms with E-state index in [1.165, 1.54) is 6.07 Å². The van der Waals surface area contributed by atoms with Gasteiger partial charge < -0.3 is 10.2 Å². The molecule has 1 amide bonds. The van der Waals surface area contributed by atoms with Crippen LogP contribution in [0.2, 0.25) is 5.02 Å². The standard InChI is InChI=1S/C16H22ClFN2O/c1-2-19-11-12-6-8-20(9-7-12)16(21)10-13-14(17)4-3-5-15(13)18/h3-5,12,19H,2,6-11H2,1H3. The Bertz CT molecular complexity index is 467. The number of hydrogen-bond donors (Lipinski definition) is 1. The fraction of sp³-hybridized carbons (Fsp3) is 0.562. The third kappa shape index (κ3) is 4.42. The third-order valence-electron chi connectivity index (χ3n) is 4.04. The SMILES string of the molecule is CCNCC1CCN(C(=O)Cc2c(F)cccc2Cl)CC1. The number of hydrogen-bond acceptors (Lipinski definition) is 2. The van der Waals surface area contributed by atoms with Crippen molar-refractivity contribution in [3.63, 3.8) is 0 Å². The molecule has 2 rings (SSSR count).